The Labute approximate surface area is 91.7 Å². The lowest BCUT2D eigenvalue weighted by Crippen LogP contribution is -2.14. The molecule has 0 amide bonds. The van der Waals surface area contributed by atoms with Crippen molar-refractivity contribution in [3.8, 4) is 0 Å². The molecule has 15 heavy (non-hydrogen) atoms. The second kappa shape index (κ2) is 5.86. The molecule has 0 unspecified atom stereocenters. The number of halogens is 1. The van der Waals surface area contributed by atoms with Gasteiger partial charge >= 0.3 is 0 Å². The summed E-state index contributed by atoms with van der Waals surface area (Å²) >= 11 is 0. The second-order valence-corrected chi connectivity index (χ2v) is 4.29. The fourth-order valence-corrected chi connectivity index (χ4v) is 1.66. The van der Waals surface area contributed by atoms with Crippen molar-refractivity contribution in [3.05, 3.63) is 35.1 Å². The molecule has 1 aromatic rings. The van der Waals surface area contributed by atoms with E-state index in [1.54, 1.807) is 6.07 Å². The van der Waals surface area contributed by atoms with Crippen LogP contribution < -0.4 is 5.32 Å². The summed E-state index contributed by atoms with van der Waals surface area (Å²) in [6.45, 7) is 8.16. The van der Waals surface area contributed by atoms with E-state index in [9.17, 15) is 4.39 Å². The molecule has 0 atom stereocenters. The van der Waals surface area contributed by atoms with Crippen LogP contribution in [0.1, 0.15) is 31.9 Å². The smallest absolute Gasteiger partial charge is 0.123 e. The SMILES string of the molecule is CCNCc1ccc(F)cc1CC(C)C. The van der Waals surface area contributed by atoms with E-state index >= 15 is 0 Å². The number of hydrogen-bond donors (Lipinski definition) is 1. The van der Waals surface area contributed by atoms with Gasteiger partial charge < -0.3 is 5.32 Å². The lowest BCUT2D eigenvalue weighted by atomic mass is 9.98. The molecule has 0 aliphatic rings. The molecular weight excluding hydrogens is 189 g/mol. The van der Waals surface area contributed by atoms with Crippen molar-refractivity contribution < 1.29 is 4.39 Å². The average molecular weight is 209 g/mol. The molecule has 0 heterocycles. The summed E-state index contributed by atoms with van der Waals surface area (Å²) in [6, 6.07) is 5.08. The lowest BCUT2D eigenvalue weighted by Gasteiger charge is -2.12. The summed E-state index contributed by atoms with van der Waals surface area (Å²) in [5.74, 6) is 0.429. The van der Waals surface area contributed by atoms with Crippen LogP contribution in [0, 0.1) is 11.7 Å². The maximum Gasteiger partial charge on any atom is 0.123 e. The minimum Gasteiger partial charge on any atom is -0.313 e. The Kier molecular flexibility index (Phi) is 4.76. The van der Waals surface area contributed by atoms with Crippen molar-refractivity contribution in [1.29, 1.82) is 0 Å². The molecule has 0 bridgehead atoms. The largest absolute Gasteiger partial charge is 0.313 e. The van der Waals surface area contributed by atoms with Crippen LogP contribution in [0.4, 0.5) is 4.39 Å². The second-order valence-electron chi connectivity index (χ2n) is 4.29. The van der Waals surface area contributed by atoms with Gasteiger partial charge in [-0.25, -0.2) is 4.39 Å². The van der Waals surface area contributed by atoms with Gasteiger partial charge in [-0.1, -0.05) is 26.8 Å². The summed E-state index contributed by atoms with van der Waals surface area (Å²) < 4.78 is 13.1. The Morgan fingerprint density at radius 3 is 2.60 bits per heavy atom. The highest BCUT2D eigenvalue weighted by Crippen LogP contribution is 2.15. The Hall–Kier alpha value is -0.890. The van der Waals surface area contributed by atoms with Gasteiger partial charge in [-0.3, -0.25) is 0 Å². The lowest BCUT2D eigenvalue weighted by molar-refractivity contribution is 0.605. The van der Waals surface area contributed by atoms with E-state index in [-0.39, 0.29) is 5.82 Å². The van der Waals surface area contributed by atoms with Crippen LogP contribution in [-0.4, -0.2) is 6.54 Å². The minimum absolute atomic E-state index is 0.133. The zero-order valence-electron chi connectivity index (χ0n) is 9.81. The van der Waals surface area contributed by atoms with Gasteiger partial charge in [-0.15, -0.1) is 0 Å². The van der Waals surface area contributed by atoms with Crippen LogP contribution >= 0.6 is 0 Å². The van der Waals surface area contributed by atoms with E-state index < -0.39 is 0 Å². The topological polar surface area (TPSA) is 12.0 Å². The predicted octanol–water partition coefficient (Wildman–Crippen LogP) is 3.13. The predicted molar refractivity (Wildman–Crippen MR) is 62.3 cm³/mol. The minimum atomic E-state index is -0.133. The first-order valence-corrected chi connectivity index (χ1v) is 5.61. The monoisotopic (exact) mass is 209 g/mol. The zero-order valence-corrected chi connectivity index (χ0v) is 9.81. The Morgan fingerprint density at radius 1 is 1.27 bits per heavy atom. The summed E-state index contributed by atoms with van der Waals surface area (Å²) in [5, 5.41) is 3.28. The fourth-order valence-electron chi connectivity index (χ4n) is 1.66. The highest BCUT2D eigenvalue weighted by atomic mass is 19.1. The Balaban J connectivity index is 2.82. The van der Waals surface area contributed by atoms with E-state index in [0.717, 1.165) is 25.1 Å². The van der Waals surface area contributed by atoms with Crippen molar-refractivity contribution in [3.63, 3.8) is 0 Å². The zero-order chi connectivity index (χ0) is 11.3. The van der Waals surface area contributed by atoms with Crippen LogP contribution in [0.3, 0.4) is 0 Å². The van der Waals surface area contributed by atoms with Gasteiger partial charge in [0.1, 0.15) is 5.82 Å². The van der Waals surface area contributed by atoms with Crippen LogP contribution in [0.2, 0.25) is 0 Å². The molecule has 0 aliphatic heterocycles. The number of nitrogens with one attached hydrogen (secondary N) is 1. The molecule has 0 saturated heterocycles. The highest BCUT2D eigenvalue weighted by molar-refractivity contribution is 5.28. The maximum absolute atomic E-state index is 13.1. The van der Waals surface area contributed by atoms with Crippen LogP contribution in [0.25, 0.3) is 0 Å². The van der Waals surface area contributed by atoms with Gasteiger partial charge in [-0.2, -0.15) is 0 Å². The molecule has 1 N–H and O–H groups in total. The molecule has 0 spiro atoms. The molecule has 1 rings (SSSR count). The third-order valence-electron chi connectivity index (χ3n) is 2.36. The van der Waals surface area contributed by atoms with Crippen LogP contribution in [0.15, 0.2) is 18.2 Å². The number of hydrogen-bond acceptors (Lipinski definition) is 1. The van der Waals surface area contributed by atoms with Gasteiger partial charge in [0.15, 0.2) is 0 Å². The van der Waals surface area contributed by atoms with Gasteiger partial charge in [-0.05, 0) is 42.1 Å². The van der Waals surface area contributed by atoms with E-state index in [2.05, 4.69) is 26.1 Å². The molecule has 0 aliphatic carbocycles. The van der Waals surface area contributed by atoms with Crippen molar-refractivity contribution in [2.45, 2.75) is 33.7 Å². The summed E-state index contributed by atoms with van der Waals surface area (Å²) in [6.07, 6.45) is 0.943. The van der Waals surface area contributed by atoms with E-state index in [1.165, 1.54) is 11.6 Å². The first-order chi connectivity index (χ1) is 7.13. The Bertz CT molecular complexity index is 307. The first kappa shape index (κ1) is 12.2. The number of rotatable bonds is 5. The fraction of sp³-hybridized carbons (Fsp3) is 0.538. The average Bonchev–Trinajstić information content (AvgIpc) is 2.16. The van der Waals surface area contributed by atoms with Crippen LogP contribution in [-0.2, 0) is 13.0 Å². The molecule has 0 saturated carbocycles. The molecule has 0 fully saturated rings. The van der Waals surface area contributed by atoms with Gasteiger partial charge in [0.25, 0.3) is 0 Å². The molecule has 1 nitrogen and oxygen atoms in total. The molecule has 84 valence electrons. The molecule has 2 heteroatoms. The molecule has 1 aromatic carbocycles. The van der Waals surface area contributed by atoms with Crippen molar-refractivity contribution in [1.82, 2.24) is 5.32 Å². The quantitative estimate of drug-likeness (QED) is 0.785. The summed E-state index contributed by atoms with van der Waals surface area (Å²) in [7, 11) is 0. The highest BCUT2D eigenvalue weighted by Gasteiger charge is 2.05. The van der Waals surface area contributed by atoms with Crippen molar-refractivity contribution in [2.24, 2.45) is 5.92 Å². The van der Waals surface area contributed by atoms with E-state index in [4.69, 9.17) is 0 Å². The summed E-state index contributed by atoms with van der Waals surface area (Å²) in [5.41, 5.74) is 2.35. The maximum atomic E-state index is 13.1. The van der Waals surface area contributed by atoms with E-state index in [0.29, 0.717) is 5.92 Å². The third-order valence-corrected chi connectivity index (χ3v) is 2.36. The number of benzene rings is 1. The van der Waals surface area contributed by atoms with E-state index in [1.807, 2.05) is 6.07 Å². The third kappa shape index (κ3) is 4.00. The molecule has 0 radical (unpaired) electrons. The molecule has 0 aromatic heterocycles. The van der Waals surface area contributed by atoms with Gasteiger partial charge in [0, 0.05) is 6.54 Å². The van der Waals surface area contributed by atoms with Gasteiger partial charge in [0.05, 0.1) is 0 Å². The Morgan fingerprint density at radius 2 is 2.00 bits per heavy atom. The normalized spacial score (nSPS) is 11.0. The van der Waals surface area contributed by atoms with Crippen molar-refractivity contribution >= 4 is 0 Å². The van der Waals surface area contributed by atoms with Crippen LogP contribution in [0.5, 0.6) is 0 Å². The summed E-state index contributed by atoms with van der Waals surface area (Å²) in [4.78, 5) is 0. The first-order valence-electron chi connectivity index (χ1n) is 5.61. The standard InChI is InChI=1S/C13H20FN/c1-4-15-9-11-5-6-13(14)8-12(11)7-10(2)3/h5-6,8,10,15H,4,7,9H2,1-3H3. The van der Waals surface area contributed by atoms with Gasteiger partial charge in [0.2, 0.25) is 0 Å². The molecular formula is C13H20FN. The van der Waals surface area contributed by atoms with Crippen molar-refractivity contribution in [2.75, 3.05) is 6.54 Å².